The number of amides is 1. The van der Waals surface area contributed by atoms with Crippen LogP contribution in [-0.4, -0.2) is 30.5 Å². The van der Waals surface area contributed by atoms with E-state index in [4.69, 9.17) is 11.6 Å². The zero-order valence-electron chi connectivity index (χ0n) is 15.2. The number of aromatic nitrogens is 5. The SMILES string of the molecule is O=C(Cn1cnc2c(nnn2Cc2cccc(F)c2)c1=O)Nc1ccc(Cl)cc1F. The van der Waals surface area contributed by atoms with Gasteiger partial charge >= 0.3 is 0 Å². The van der Waals surface area contributed by atoms with E-state index in [-0.39, 0.29) is 28.4 Å². The van der Waals surface area contributed by atoms with Crippen molar-refractivity contribution < 1.29 is 13.6 Å². The first-order valence-corrected chi connectivity index (χ1v) is 9.06. The summed E-state index contributed by atoms with van der Waals surface area (Å²) in [4.78, 5) is 29.0. The van der Waals surface area contributed by atoms with Crippen molar-refractivity contribution in [1.29, 1.82) is 0 Å². The summed E-state index contributed by atoms with van der Waals surface area (Å²) in [6.45, 7) is -0.234. The highest BCUT2D eigenvalue weighted by Gasteiger charge is 2.15. The lowest BCUT2D eigenvalue weighted by Gasteiger charge is -2.08. The molecule has 4 rings (SSSR count). The molecule has 0 radical (unpaired) electrons. The van der Waals surface area contributed by atoms with E-state index in [1.54, 1.807) is 12.1 Å². The Kier molecular flexibility index (Phi) is 5.23. The summed E-state index contributed by atoms with van der Waals surface area (Å²) in [5, 5.41) is 10.3. The fraction of sp³-hybridized carbons (Fsp3) is 0.105. The number of fused-ring (bicyclic) bond motifs is 1. The van der Waals surface area contributed by atoms with Gasteiger partial charge in [0.25, 0.3) is 5.56 Å². The van der Waals surface area contributed by atoms with Gasteiger partial charge in [0, 0.05) is 5.02 Å². The highest BCUT2D eigenvalue weighted by molar-refractivity contribution is 6.30. The first-order valence-electron chi connectivity index (χ1n) is 8.68. The van der Waals surface area contributed by atoms with Crippen molar-refractivity contribution in [2.75, 3.05) is 5.32 Å². The zero-order valence-corrected chi connectivity index (χ0v) is 16.0. The van der Waals surface area contributed by atoms with Crippen LogP contribution >= 0.6 is 11.6 Å². The zero-order chi connectivity index (χ0) is 21.3. The Morgan fingerprint density at radius 3 is 2.77 bits per heavy atom. The Morgan fingerprint density at radius 2 is 2.00 bits per heavy atom. The summed E-state index contributed by atoms with van der Waals surface area (Å²) in [7, 11) is 0. The molecule has 4 aromatic rings. The Morgan fingerprint density at radius 1 is 1.17 bits per heavy atom. The van der Waals surface area contributed by atoms with E-state index in [1.807, 2.05) is 0 Å². The van der Waals surface area contributed by atoms with Crippen LogP contribution in [0.4, 0.5) is 14.5 Å². The standard InChI is InChI=1S/C19H13ClF2N6O2/c20-12-4-5-15(14(22)7-12)24-16(29)9-27-10-23-18-17(19(27)30)25-26-28(18)8-11-2-1-3-13(21)6-11/h1-7,10H,8-9H2,(H,24,29). The molecule has 30 heavy (non-hydrogen) atoms. The molecule has 8 nitrogen and oxygen atoms in total. The summed E-state index contributed by atoms with van der Waals surface area (Å²) < 4.78 is 29.6. The lowest BCUT2D eigenvalue weighted by atomic mass is 10.2. The lowest BCUT2D eigenvalue weighted by molar-refractivity contribution is -0.116. The minimum atomic E-state index is -0.697. The molecule has 0 fully saturated rings. The van der Waals surface area contributed by atoms with Crippen LogP contribution in [0.1, 0.15) is 5.56 Å². The topological polar surface area (TPSA) is 94.7 Å². The molecule has 1 amide bonds. The van der Waals surface area contributed by atoms with Gasteiger partial charge in [0.1, 0.15) is 24.5 Å². The summed E-state index contributed by atoms with van der Waals surface area (Å²) in [6, 6.07) is 9.74. The number of rotatable bonds is 5. The molecule has 0 saturated heterocycles. The molecule has 2 aromatic carbocycles. The summed E-state index contributed by atoms with van der Waals surface area (Å²) in [5.41, 5.74) is 0.130. The molecular formula is C19H13ClF2N6O2. The fourth-order valence-electron chi connectivity index (χ4n) is 2.85. The lowest BCUT2D eigenvalue weighted by Crippen LogP contribution is -2.28. The van der Waals surface area contributed by atoms with Crippen LogP contribution in [0.2, 0.25) is 5.02 Å². The van der Waals surface area contributed by atoms with Crippen LogP contribution in [0, 0.1) is 11.6 Å². The number of carbonyl (C=O) groups is 1. The van der Waals surface area contributed by atoms with Crippen LogP contribution in [0.5, 0.6) is 0 Å². The molecule has 0 aliphatic heterocycles. The second-order valence-corrected chi connectivity index (χ2v) is 6.84. The van der Waals surface area contributed by atoms with E-state index < -0.39 is 29.6 Å². The Bertz CT molecular complexity index is 1320. The molecule has 11 heteroatoms. The molecule has 0 aliphatic carbocycles. The van der Waals surface area contributed by atoms with E-state index >= 15 is 0 Å². The van der Waals surface area contributed by atoms with Gasteiger partial charge < -0.3 is 5.32 Å². The average Bonchev–Trinajstić information content (AvgIpc) is 3.10. The van der Waals surface area contributed by atoms with Crippen molar-refractivity contribution in [2.24, 2.45) is 0 Å². The van der Waals surface area contributed by atoms with Gasteiger partial charge in [-0.1, -0.05) is 28.9 Å². The third kappa shape index (κ3) is 4.03. The van der Waals surface area contributed by atoms with Gasteiger partial charge in [-0.3, -0.25) is 14.2 Å². The highest BCUT2D eigenvalue weighted by atomic mass is 35.5. The van der Waals surface area contributed by atoms with Crippen molar-refractivity contribution in [3.8, 4) is 0 Å². The Labute approximate surface area is 172 Å². The van der Waals surface area contributed by atoms with Crippen LogP contribution in [0.25, 0.3) is 11.2 Å². The molecule has 0 aliphatic rings. The number of benzene rings is 2. The number of anilines is 1. The molecular weight excluding hydrogens is 418 g/mol. The molecule has 2 aromatic heterocycles. The molecule has 0 spiro atoms. The summed E-state index contributed by atoms with van der Waals surface area (Å²) >= 11 is 5.68. The van der Waals surface area contributed by atoms with Crippen LogP contribution in [-0.2, 0) is 17.9 Å². The third-order valence-electron chi connectivity index (χ3n) is 4.23. The van der Waals surface area contributed by atoms with Gasteiger partial charge in [-0.25, -0.2) is 18.4 Å². The predicted molar refractivity (Wildman–Crippen MR) is 105 cm³/mol. The monoisotopic (exact) mass is 430 g/mol. The van der Waals surface area contributed by atoms with E-state index in [0.717, 1.165) is 10.6 Å². The number of nitrogens with zero attached hydrogens (tertiary/aromatic N) is 5. The maximum Gasteiger partial charge on any atom is 0.283 e. The first kappa shape index (κ1) is 19.6. The minimum absolute atomic E-state index is 0.0422. The summed E-state index contributed by atoms with van der Waals surface area (Å²) in [6.07, 6.45) is 1.17. The Balaban J connectivity index is 1.55. The molecule has 2 heterocycles. The second-order valence-electron chi connectivity index (χ2n) is 6.40. The van der Waals surface area contributed by atoms with E-state index in [9.17, 15) is 18.4 Å². The van der Waals surface area contributed by atoms with Gasteiger partial charge in [-0.15, -0.1) is 5.10 Å². The first-order chi connectivity index (χ1) is 14.4. The van der Waals surface area contributed by atoms with Crippen molar-refractivity contribution in [3.63, 3.8) is 0 Å². The number of nitrogens with one attached hydrogen (secondary N) is 1. The average molecular weight is 431 g/mol. The van der Waals surface area contributed by atoms with Crippen molar-refractivity contribution in [3.05, 3.63) is 81.4 Å². The number of halogens is 3. The normalized spacial score (nSPS) is 11.0. The smallest absolute Gasteiger partial charge is 0.283 e. The maximum absolute atomic E-state index is 13.8. The van der Waals surface area contributed by atoms with Gasteiger partial charge in [0.2, 0.25) is 5.91 Å². The quantitative estimate of drug-likeness (QED) is 0.525. The summed E-state index contributed by atoms with van der Waals surface area (Å²) in [5.74, 6) is -1.72. The largest absolute Gasteiger partial charge is 0.322 e. The molecule has 0 bridgehead atoms. The van der Waals surface area contributed by atoms with Gasteiger partial charge in [-0.05, 0) is 35.9 Å². The number of hydrogen-bond acceptors (Lipinski definition) is 5. The molecule has 0 saturated carbocycles. The van der Waals surface area contributed by atoms with Crippen LogP contribution in [0.3, 0.4) is 0 Å². The molecule has 1 N–H and O–H groups in total. The van der Waals surface area contributed by atoms with Gasteiger partial charge in [0.05, 0.1) is 12.2 Å². The van der Waals surface area contributed by atoms with E-state index in [1.165, 1.54) is 35.3 Å². The fourth-order valence-corrected chi connectivity index (χ4v) is 3.01. The second kappa shape index (κ2) is 7.99. The molecule has 152 valence electrons. The third-order valence-corrected chi connectivity index (χ3v) is 4.47. The van der Waals surface area contributed by atoms with E-state index in [2.05, 4.69) is 20.6 Å². The van der Waals surface area contributed by atoms with Crippen molar-refractivity contribution in [1.82, 2.24) is 24.5 Å². The highest BCUT2D eigenvalue weighted by Crippen LogP contribution is 2.18. The number of hydrogen-bond donors (Lipinski definition) is 1. The van der Waals surface area contributed by atoms with E-state index in [0.29, 0.717) is 5.56 Å². The predicted octanol–water partition coefficient (Wildman–Crippen LogP) is 2.61. The minimum Gasteiger partial charge on any atom is -0.322 e. The van der Waals surface area contributed by atoms with Crippen molar-refractivity contribution >= 4 is 34.4 Å². The van der Waals surface area contributed by atoms with Crippen LogP contribution < -0.4 is 10.9 Å². The maximum atomic E-state index is 13.8. The van der Waals surface area contributed by atoms with Crippen molar-refractivity contribution in [2.45, 2.75) is 13.1 Å². The van der Waals surface area contributed by atoms with Crippen LogP contribution in [0.15, 0.2) is 53.6 Å². The Hall–Kier alpha value is -3.66. The molecule has 0 unspecified atom stereocenters. The van der Waals surface area contributed by atoms with Gasteiger partial charge in [-0.2, -0.15) is 0 Å². The van der Waals surface area contributed by atoms with Gasteiger partial charge in [0.15, 0.2) is 11.2 Å². The molecule has 0 atom stereocenters. The number of carbonyl (C=O) groups excluding carboxylic acids is 1.